The molecule has 0 bridgehead atoms. The van der Waals surface area contributed by atoms with Crippen molar-refractivity contribution in [2.24, 2.45) is 5.92 Å². The van der Waals surface area contributed by atoms with Gasteiger partial charge in [-0.05, 0) is 25.7 Å². The van der Waals surface area contributed by atoms with Gasteiger partial charge in [0.2, 0.25) is 0 Å². The first kappa shape index (κ1) is 14.1. The molecule has 0 aliphatic heterocycles. The molecule has 1 aliphatic rings. The molecule has 1 aromatic heterocycles. The van der Waals surface area contributed by atoms with Crippen LogP contribution in [0.25, 0.3) is 11.3 Å². The quantitative estimate of drug-likeness (QED) is 0.903. The van der Waals surface area contributed by atoms with Crippen LogP contribution in [0.4, 0.5) is 0 Å². The highest BCUT2D eigenvalue weighted by atomic mass is 16.1. The van der Waals surface area contributed by atoms with E-state index in [-0.39, 0.29) is 5.56 Å². The summed E-state index contributed by atoms with van der Waals surface area (Å²) in [7, 11) is 0. The zero-order chi connectivity index (χ0) is 14.8. The minimum absolute atomic E-state index is 0.00270. The molecule has 1 N–H and O–H groups in total. The topological polar surface area (TPSA) is 45.8 Å². The second kappa shape index (κ2) is 5.84. The summed E-state index contributed by atoms with van der Waals surface area (Å²) in [5.41, 5.74) is 2.55. The maximum atomic E-state index is 12.3. The third kappa shape index (κ3) is 2.92. The van der Waals surface area contributed by atoms with Gasteiger partial charge in [0.05, 0.1) is 5.69 Å². The number of hydrogen-bond donors (Lipinski definition) is 1. The number of benzene rings is 1. The summed E-state index contributed by atoms with van der Waals surface area (Å²) in [5.74, 6) is 1.98. The molecule has 21 heavy (non-hydrogen) atoms. The van der Waals surface area contributed by atoms with Gasteiger partial charge in [0.15, 0.2) is 0 Å². The fourth-order valence-corrected chi connectivity index (χ4v) is 3.30. The third-order valence-corrected chi connectivity index (χ3v) is 4.54. The van der Waals surface area contributed by atoms with Gasteiger partial charge in [-0.3, -0.25) is 4.79 Å². The average molecular weight is 282 g/mol. The van der Waals surface area contributed by atoms with Crippen LogP contribution in [-0.2, 0) is 0 Å². The first-order chi connectivity index (χ1) is 10.1. The van der Waals surface area contributed by atoms with Crippen LogP contribution in [0.5, 0.6) is 0 Å². The minimum Gasteiger partial charge on any atom is -0.310 e. The molecule has 1 heterocycles. The maximum Gasteiger partial charge on any atom is 0.254 e. The fourth-order valence-electron chi connectivity index (χ4n) is 3.30. The van der Waals surface area contributed by atoms with Crippen molar-refractivity contribution >= 4 is 0 Å². The van der Waals surface area contributed by atoms with E-state index < -0.39 is 0 Å². The van der Waals surface area contributed by atoms with Crippen molar-refractivity contribution in [2.75, 3.05) is 0 Å². The number of aromatic amines is 1. The number of nitrogens with zero attached hydrogens (tertiary/aromatic N) is 1. The van der Waals surface area contributed by atoms with Crippen molar-refractivity contribution in [3.63, 3.8) is 0 Å². The van der Waals surface area contributed by atoms with Crippen LogP contribution in [0.1, 0.15) is 49.9 Å². The Morgan fingerprint density at radius 3 is 2.67 bits per heavy atom. The average Bonchev–Trinajstić information content (AvgIpc) is 2.51. The Kier molecular flexibility index (Phi) is 3.91. The van der Waals surface area contributed by atoms with Gasteiger partial charge < -0.3 is 4.98 Å². The molecule has 3 rings (SSSR count). The molecule has 3 nitrogen and oxygen atoms in total. The summed E-state index contributed by atoms with van der Waals surface area (Å²) in [4.78, 5) is 20.1. The predicted octanol–water partition coefficient (Wildman–Crippen LogP) is 4.04. The molecular formula is C18H22N2O. The molecule has 1 saturated carbocycles. The number of hydrogen-bond acceptors (Lipinski definition) is 2. The van der Waals surface area contributed by atoms with Crippen LogP contribution >= 0.6 is 0 Å². The van der Waals surface area contributed by atoms with Gasteiger partial charge in [0, 0.05) is 17.0 Å². The molecule has 2 unspecified atom stereocenters. The fraction of sp³-hybridized carbons (Fsp3) is 0.444. The lowest BCUT2D eigenvalue weighted by Gasteiger charge is -2.26. The van der Waals surface area contributed by atoms with Crippen LogP contribution in [0.2, 0.25) is 0 Å². The number of nitrogens with one attached hydrogen (secondary N) is 1. The highest BCUT2D eigenvalue weighted by molar-refractivity contribution is 5.62. The second-order valence-electron chi connectivity index (χ2n) is 6.26. The van der Waals surface area contributed by atoms with Crippen LogP contribution in [0, 0.1) is 12.8 Å². The highest BCUT2D eigenvalue weighted by Gasteiger charge is 2.23. The molecule has 0 amide bonds. The van der Waals surface area contributed by atoms with E-state index in [4.69, 9.17) is 4.98 Å². The number of aromatic nitrogens is 2. The molecule has 110 valence electrons. The number of rotatable bonds is 2. The zero-order valence-electron chi connectivity index (χ0n) is 12.7. The van der Waals surface area contributed by atoms with E-state index in [1.807, 2.05) is 37.3 Å². The molecule has 1 aromatic carbocycles. The molecule has 2 aromatic rings. The summed E-state index contributed by atoms with van der Waals surface area (Å²) in [5, 5.41) is 0. The molecule has 1 fully saturated rings. The number of H-pyrrole nitrogens is 1. The summed E-state index contributed by atoms with van der Waals surface area (Å²) >= 11 is 0. The van der Waals surface area contributed by atoms with Crippen molar-refractivity contribution in [2.45, 2.75) is 45.4 Å². The Hall–Kier alpha value is -1.90. The SMILES string of the molecule is Cc1c(-c2ccccc2)nc(C2CCCC(C)C2)[nH]c1=O. The molecule has 0 saturated heterocycles. The Balaban J connectivity index is 2.04. The molecule has 3 heteroatoms. The molecule has 2 atom stereocenters. The van der Waals surface area contributed by atoms with Crippen LogP contribution < -0.4 is 5.56 Å². The molecule has 1 aliphatic carbocycles. The van der Waals surface area contributed by atoms with Gasteiger partial charge in [0.25, 0.3) is 5.56 Å². The summed E-state index contributed by atoms with van der Waals surface area (Å²) in [6, 6.07) is 9.99. The lowest BCUT2D eigenvalue weighted by molar-refractivity contribution is 0.335. The van der Waals surface area contributed by atoms with Crippen LogP contribution in [-0.4, -0.2) is 9.97 Å². The van der Waals surface area contributed by atoms with Crippen LogP contribution in [0.3, 0.4) is 0 Å². The first-order valence-corrected chi connectivity index (χ1v) is 7.81. The Labute approximate surface area is 125 Å². The van der Waals surface area contributed by atoms with Crippen molar-refractivity contribution in [3.05, 3.63) is 52.1 Å². The Morgan fingerprint density at radius 2 is 1.95 bits per heavy atom. The van der Waals surface area contributed by atoms with E-state index in [0.29, 0.717) is 11.5 Å². The highest BCUT2D eigenvalue weighted by Crippen LogP contribution is 2.34. The van der Waals surface area contributed by atoms with Crippen molar-refractivity contribution in [1.29, 1.82) is 0 Å². The largest absolute Gasteiger partial charge is 0.310 e. The monoisotopic (exact) mass is 282 g/mol. The van der Waals surface area contributed by atoms with Crippen LogP contribution in [0.15, 0.2) is 35.1 Å². The molecular weight excluding hydrogens is 260 g/mol. The van der Waals surface area contributed by atoms with Crippen molar-refractivity contribution in [3.8, 4) is 11.3 Å². The van der Waals surface area contributed by atoms with Crippen molar-refractivity contribution < 1.29 is 0 Å². The summed E-state index contributed by atoms with van der Waals surface area (Å²) < 4.78 is 0. The smallest absolute Gasteiger partial charge is 0.254 e. The molecule has 0 spiro atoms. The van der Waals surface area contributed by atoms with Gasteiger partial charge in [-0.1, -0.05) is 50.1 Å². The Morgan fingerprint density at radius 1 is 1.19 bits per heavy atom. The van der Waals surface area contributed by atoms with E-state index in [2.05, 4.69) is 11.9 Å². The molecule has 0 radical (unpaired) electrons. The van der Waals surface area contributed by atoms with Gasteiger partial charge in [-0.25, -0.2) is 4.98 Å². The van der Waals surface area contributed by atoms with Crippen molar-refractivity contribution in [1.82, 2.24) is 9.97 Å². The maximum absolute atomic E-state index is 12.3. The normalized spacial score (nSPS) is 22.2. The van der Waals surface area contributed by atoms with Gasteiger partial charge in [-0.2, -0.15) is 0 Å². The van der Waals surface area contributed by atoms with E-state index in [1.54, 1.807) is 0 Å². The predicted molar refractivity (Wildman–Crippen MR) is 85.4 cm³/mol. The van der Waals surface area contributed by atoms with E-state index in [1.165, 1.54) is 12.8 Å². The second-order valence-corrected chi connectivity index (χ2v) is 6.26. The lowest BCUT2D eigenvalue weighted by Crippen LogP contribution is -2.21. The van der Waals surface area contributed by atoms with Gasteiger partial charge in [0.1, 0.15) is 5.82 Å². The van der Waals surface area contributed by atoms with E-state index >= 15 is 0 Å². The lowest BCUT2D eigenvalue weighted by atomic mass is 9.82. The minimum atomic E-state index is -0.00270. The third-order valence-electron chi connectivity index (χ3n) is 4.54. The van der Waals surface area contributed by atoms with Gasteiger partial charge >= 0.3 is 0 Å². The summed E-state index contributed by atoms with van der Waals surface area (Å²) in [6.45, 7) is 4.14. The Bertz CT molecular complexity index is 675. The van der Waals surface area contributed by atoms with E-state index in [9.17, 15) is 4.79 Å². The standard InChI is InChI=1S/C18H22N2O/c1-12-7-6-10-15(11-12)17-19-16(13(2)18(21)20-17)14-8-4-3-5-9-14/h3-5,8-9,12,15H,6-7,10-11H2,1-2H3,(H,19,20,21). The van der Waals surface area contributed by atoms with E-state index in [0.717, 1.165) is 35.8 Å². The first-order valence-electron chi connectivity index (χ1n) is 7.81. The zero-order valence-corrected chi connectivity index (χ0v) is 12.7. The van der Waals surface area contributed by atoms with Gasteiger partial charge in [-0.15, -0.1) is 0 Å². The summed E-state index contributed by atoms with van der Waals surface area (Å²) in [6.07, 6.45) is 4.77.